The van der Waals surface area contributed by atoms with Gasteiger partial charge in [0.05, 0.1) is 19.1 Å². The zero-order valence-corrected chi connectivity index (χ0v) is 10.6. The van der Waals surface area contributed by atoms with Crippen LogP contribution in [0.4, 0.5) is 5.69 Å². The third-order valence-corrected chi connectivity index (χ3v) is 3.33. The molecule has 1 aliphatic heterocycles. The average molecular weight is 233 g/mol. The molecule has 0 saturated carbocycles. The number of guanidine groups is 1. The Morgan fingerprint density at radius 2 is 2.18 bits per heavy atom. The minimum absolute atomic E-state index is 0.424. The second kappa shape index (κ2) is 4.65. The maximum absolute atomic E-state index is 5.64. The second-order valence-corrected chi connectivity index (χ2v) is 4.75. The molecule has 0 spiro atoms. The Bertz CT molecular complexity index is 435. The molecule has 1 fully saturated rings. The van der Waals surface area contributed by atoms with Crippen LogP contribution in [0.5, 0.6) is 0 Å². The van der Waals surface area contributed by atoms with Gasteiger partial charge in [0, 0.05) is 12.2 Å². The number of nitrogens with zero attached hydrogens (tertiary/aromatic N) is 2. The Morgan fingerprint density at radius 3 is 2.76 bits per heavy atom. The predicted octanol–water partition coefficient (Wildman–Crippen LogP) is 0.489. The van der Waals surface area contributed by atoms with Crippen molar-refractivity contribution in [1.82, 2.24) is 0 Å². The molecule has 0 aromatic heterocycles. The van der Waals surface area contributed by atoms with Crippen molar-refractivity contribution in [2.45, 2.75) is 19.9 Å². The molecule has 4 nitrogen and oxygen atoms in total. The van der Waals surface area contributed by atoms with Gasteiger partial charge in [-0.15, -0.1) is 0 Å². The average Bonchev–Trinajstić information content (AvgIpc) is 2.28. The largest absolute Gasteiger partial charge is 0.362 e. The molecule has 1 atom stereocenters. The third-order valence-electron chi connectivity index (χ3n) is 3.33. The molecule has 4 heteroatoms. The summed E-state index contributed by atoms with van der Waals surface area (Å²) in [4.78, 5) is 2.41. The third kappa shape index (κ3) is 2.52. The van der Waals surface area contributed by atoms with Crippen LogP contribution in [-0.4, -0.2) is 36.2 Å². The van der Waals surface area contributed by atoms with E-state index in [4.69, 9.17) is 11.5 Å². The van der Waals surface area contributed by atoms with Gasteiger partial charge < -0.3 is 4.90 Å². The van der Waals surface area contributed by atoms with Gasteiger partial charge in [0.25, 0.3) is 0 Å². The van der Waals surface area contributed by atoms with Crippen molar-refractivity contribution in [3.8, 4) is 0 Å². The Hall–Kier alpha value is -1.71. The fraction of sp³-hybridized carbons (Fsp3) is 0.462. The molecule has 1 aliphatic rings. The Kier molecular flexibility index (Phi) is 3.22. The maximum atomic E-state index is 5.64. The van der Waals surface area contributed by atoms with Crippen molar-refractivity contribution < 1.29 is 4.58 Å². The first kappa shape index (κ1) is 11.8. The fourth-order valence-electron chi connectivity index (χ4n) is 2.38. The molecule has 0 bridgehead atoms. The lowest BCUT2D eigenvalue weighted by molar-refractivity contribution is -0.536. The summed E-state index contributed by atoms with van der Waals surface area (Å²) in [5, 5.41) is 0. The first-order valence-corrected chi connectivity index (χ1v) is 6.04. The van der Waals surface area contributed by atoms with Crippen molar-refractivity contribution >= 4 is 11.6 Å². The number of hydrogen-bond acceptors (Lipinski definition) is 1. The van der Waals surface area contributed by atoms with Gasteiger partial charge in [0.1, 0.15) is 0 Å². The molecule has 1 heterocycles. The van der Waals surface area contributed by atoms with Gasteiger partial charge in [-0.3, -0.25) is 16.0 Å². The number of nitrogens with two attached hydrogens (primary N) is 2. The zero-order valence-electron chi connectivity index (χ0n) is 10.6. The smallest absolute Gasteiger partial charge is 0.341 e. The van der Waals surface area contributed by atoms with Gasteiger partial charge in [0.2, 0.25) is 0 Å². The van der Waals surface area contributed by atoms with E-state index in [2.05, 4.69) is 43.0 Å². The van der Waals surface area contributed by atoms with Crippen LogP contribution >= 0.6 is 0 Å². The van der Waals surface area contributed by atoms with Crippen molar-refractivity contribution in [3.05, 3.63) is 29.8 Å². The highest BCUT2D eigenvalue weighted by Gasteiger charge is 2.24. The van der Waals surface area contributed by atoms with E-state index in [9.17, 15) is 0 Å². The number of benzene rings is 1. The van der Waals surface area contributed by atoms with Crippen molar-refractivity contribution in [1.29, 1.82) is 0 Å². The van der Waals surface area contributed by atoms with Crippen molar-refractivity contribution in [2.75, 3.05) is 24.5 Å². The lowest BCUT2D eigenvalue weighted by Crippen LogP contribution is -2.52. The number of hydrogen-bond donors (Lipinski definition) is 2. The molecule has 4 N–H and O–H groups in total. The Morgan fingerprint density at radius 1 is 1.41 bits per heavy atom. The molecule has 1 aromatic rings. The van der Waals surface area contributed by atoms with E-state index in [1.54, 1.807) is 0 Å². The molecule has 0 unspecified atom stereocenters. The van der Waals surface area contributed by atoms with Gasteiger partial charge in [-0.05, 0) is 31.5 Å². The lowest BCUT2D eigenvalue weighted by Gasteiger charge is -2.36. The van der Waals surface area contributed by atoms with Crippen LogP contribution in [0.1, 0.15) is 12.5 Å². The maximum Gasteiger partial charge on any atom is 0.341 e. The quantitative estimate of drug-likeness (QED) is 0.548. The van der Waals surface area contributed by atoms with Gasteiger partial charge in [-0.1, -0.05) is 12.1 Å². The van der Waals surface area contributed by atoms with E-state index >= 15 is 0 Å². The number of piperazine rings is 1. The van der Waals surface area contributed by atoms with Gasteiger partial charge in [-0.25, -0.2) is 0 Å². The first-order valence-electron chi connectivity index (χ1n) is 6.04. The van der Waals surface area contributed by atoms with Crippen LogP contribution in [0.2, 0.25) is 0 Å². The number of anilines is 1. The minimum Gasteiger partial charge on any atom is -0.362 e. The standard InChI is InChI=1S/C13H20N4/c1-10-4-3-5-12(8-10)17-7-6-16(13(14)15)9-11(17)2/h3-5,8,11H,6-7,9H2,1-2H3,(H3,14,15)/p+1/t11-/m0/s1. The van der Waals surface area contributed by atoms with Crippen LogP contribution in [0, 0.1) is 6.92 Å². The zero-order chi connectivity index (χ0) is 12.4. The van der Waals surface area contributed by atoms with E-state index in [1.807, 2.05) is 4.58 Å². The topological polar surface area (TPSA) is 58.3 Å². The summed E-state index contributed by atoms with van der Waals surface area (Å²) < 4.78 is 2.04. The number of rotatable bonds is 1. The van der Waals surface area contributed by atoms with Crippen molar-refractivity contribution in [2.24, 2.45) is 11.5 Å². The normalized spacial score (nSPS) is 20.5. The minimum atomic E-state index is 0.424. The number of aryl methyl sites for hydroxylation is 1. The molecule has 0 amide bonds. The van der Waals surface area contributed by atoms with Gasteiger partial charge in [0.15, 0.2) is 0 Å². The summed E-state index contributed by atoms with van der Waals surface area (Å²) in [5.41, 5.74) is 13.9. The predicted molar refractivity (Wildman–Crippen MR) is 71.4 cm³/mol. The first-order chi connectivity index (χ1) is 8.08. The van der Waals surface area contributed by atoms with Gasteiger partial charge in [-0.2, -0.15) is 0 Å². The van der Waals surface area contributed by atoms with E-state index in [0.29, 0.717) is 12.0 Å². The summed E-state index contributed by atoms with van der Waals surface area (Å²) in [6, 6.07) is 9.03. The highest BCUT2D eigenvalue weighted by atomic mass is 15.3. The van der Waals surface area contributed by atoms with Crippen LogP contribution in [0.25, 0.3) is 0 Å². The lowest BCUT2D eigenvalue weighted by atomic mass is 10.1. The molecule has 2 rings (SSSR count). The molecule has 17 heavy (non-hydrogen) atoms. The SMILES string of the molecule is Cc1cccc(N2CC[N+](=C(N)N)C[C@@H]2C)c1. The Balaban J connectivity index is 2.18. The Labute approximate surface area is 103 Å². The second-order valence-electron chi connectivity index (χ2n) is 4.75. The molecule has 0 aliphatic carbocycles. The van der Waals surface area contributed by atoms with Crippen LogP contribution in [0.3, 0.4) is 0 Å². The summed E-state index contributed by atoms with van der Waals surface area (Å²) in [6.45, 7) is 7.06. The van der Waals surface area contributed by atoms with Crippen LogP contribution in [-0.2, 0) is 0 Å². The molecule has 92 valence electrons. The van der Waals surface area contributed by atoms with Crippen LogP contribution in [0.15, 0.2) is 24.3 Å². The van der Waals surface area contributed by atoms with E-state index < -0.39 is 0 Å². The monoisotopic (exact) mass is 233 g/mol. The molecule has 0 radical (unpaired) electrons. The molecular formula is C13H21N4+. The van der Waals surface area contributed by atoms with Gasteiger partial charge >= 0.3 is 5.96 Å². The van der Waals surface area contributed by atoms with E-state index in [-0.39, 0.29) is 0 Å². The highest BCUT2D eigenvalue weighted by Crippen LogP contribution is 2.20. The summed E-state index contributed by atoms with van der Waals surface area (Å²) >= 11 is 0. The summed E-state index contributed by atoms with van der Waals surface area (Å²) in [7, 11) is 0. The molecule has 1 saturated heterocycles. The van der Waals surface area contributed by atoms with Crippen molar-refractivity contribution in [3.63, 3.8) is 0 Å². The van der Waals surface area contributed by atoms with E-state index in [1.165, 1.54) is 11.3 Å². The van der Waals surface area contributed by atoms with E-state index in [0.717, 1.165) is 19.6 Å². The highest BCUT2D eigenvalue weighted by molar-refractivity contribution is 5.70. The summed E-state index contributed by atoms with van der Waals surface area (Å²) in [5.74, 6) is 0.431. The summed E-state index contributed by atoms with van der Waals surface area (Å²) in [6.07, 6.45) is 0. The fourth-order valence-corrected chi connectivity index (χ4v) is 2.38. The molecule has 1 aromatic carbocycles. The molecular weight excluding hydrogens is 212 g/mol. The van der Waals surface area contributed by atoms with Crippen LogP contribution < -0.4 is 16.4 Å².